The summed E-state index contributed by atoms with van der Waals surface area (Å²) in [5.41, 5.74) is 0.402. The molecule has 1 aliphatic rings. The van der Waals surface area contributed by atoms with E-state index in [1.165, 1.54) is 4.31 Å². The molecule has 0 amide bonds. The predicted molar refractivity (Wildman–Crippen MR) is 63.8 cm³/mol. The molecule has 0 spiro atoms. The highest BCUT2D eigenvalue weighted by Crippen LogP contribution is 2.24. The van der Waals surface area contributed by atoms with Gasteiger partial charge in [0.1, 0.15) is 0 Å². The van der Waals surface area contributed by atoms with Crippen molar-refractivity contribution in [2.45, 2.75) is 24.1 Å². The first kappa shape index (κ1) is 12.7. The standard InChI is InChI=1S/C9H14N2O4S2/c1-6-5-15-4-3-11(6)17(13,14)8-7(2)10-9(12)16-8/h6H,3-5H2,1-2H3,(H,10,12)/t6-/m1/s1. The Kier molecular flexibility index (Phi) is 3.39. The van der Waals surface area contributed by atoms with Gasteiger partial charge in [-0.05, 0) is 13.8 Å². The van der Waals surface area contributed by atoms with Gasteiger partial charge in [-0.2, -0.15) is 4.31 Å². The first-order valence-electron chi connectivity index (χ1n) is 5.22. The van der Waals surface area contributed by atoms with E-state index in [9.17, 15) is 13.2 Å². The lowest BCUT2D eigenvalue weighted by Crippen LogP contribution is -2.46. The number of nitrogens with zero attached hydrogens (tertiary/aromatic N) is 1. The van der Waals surface area contributed by atoms with Gasteiger partial charge in [-0.1, -0.05) is 11.3 Å². The van der Waals surface area contributed by atoms with Gasteiger partial charge in [-0.25, -0.2) is 8.42 Å². The number of morpholine rings is 1. The fraction of sp³-hybridized carbons (Fsp3) is 0.667. The quantitative estimate of drug-likeness (QED) is 0.835. The van der Waals surface area contributed by atoms with Gasteiger partial charge in [-0.15, -0.1) is 0 Å². The molecule has 2 rings (SSSR count). The van der Waals surface area contributed by atoms with Crippen LogP contribution in [0.3, 0.4) is 0 Å². The van der Waals surface area contributed by atoms with Crippen molar-refractivity contribution in [2.75, 3.05) is 19.8 Å². The number of aromatic amines is 1. The molecule has 6 nitrogen and oxygen atoms in total. The van der Waals surface area contributed by atoms with Crippen LogP contribution in [0, 0.1) is 6.92 Å². The zero-order valence-electron chi connectivity index (χ0n) is 9.60. The summed E-state index contributed by atoms with van der Waals surface area (Å²) in [6.45, 7) is 4.49. The second-order valence-corrected chi connectivity index (χ2v) is 7.04. The second-order valence-electron chi connectivity index (χ2n) is 3.97. The van der Waals surface area contributed by atoms with Crippen LogP contribution in [-0.2, 0) is 14.8 Å². The van der Waals surface area contributed by atoms with Crippen molar-refractivity contribution >= 4 is 21.4 Å². The summed E-state index contributed by atoms with van der Waals surface area (Å²) in [4.78, 5) is 13.3. The molecule has 1 aromatic heterocycles. The highest BCUT2D eigenvalue weighted by Gasteiger charge is 2.34. The molecule has 8 heteroatoms. The number of sulfonamides is 1. The maximum absolute atomic E-state index is 12.4. The summed E-state index contributed by atoms with van der Waals surface area (Å²) < 4.78 is 31.4. The van der Waals surface area contributed by atoms with E-state index in [0.717, 1.165) is 11.3 Å². The van der Waals surface area contributed by atoms with Crippen molar-refractivity contribution < 1.29 is 13.2 Å². The van der Waals surface area contributed by atoms with Gasteiger partial charge in [0.2, 0.25) is 0 Å². The molecule has 1 aromatic rings. The van der Waals surface area contributed by atoms with Crippen LogP contribution in [0.5, 0.6) is 0 Å². The maximum Gasteiger partial charge on any atom is 0.305 e. The number of hydrogen-bond donors (Lipinski definition) is 1. The first-order chi connectivity index (χ1) is 7.93. The SMILES string of the molecule is Cc1[nH]c(=O)sc1S(=O)(=O)N1CCOC[C@H]1C. The summed E-state index contributed by atoms with van der Waals surface area (Å²) in [7, 11) is -3.58. The Bertz CT molecular complexity index is 560. The van der Waals surface area contributed by atoms with Crippen LogP contribution in [0.4, 0.5) is 0 Å². The topological polar surface area (TPSA) is 79.5 Å². The number of aryl methyl sites for hydroxylation is 1. The molecule has 0 radical (unpaired) electrons. The third-order valence-corrected chi connectivity index (χ3v) is 6.23. The van der Waals surface area contributed by atoms with Gasteiger partial charge in [-0.3, -0.25) is 4.79 Å². The normalized spacial score (nSPS) is 22.8. The fourth-order valence-electron chi connectivity index (χ4n) is 1.81. The molecule has 1 aliphatic heterocycles. The van der Waals surface area contributed by atoms with E-state index in [4.69, 9.17) is 4.74 Å². The molecule has 17 heavy (non-hydrogen) atoms. The lowest BCUT2D eigenvalue weighted by molar-refractivity contribution is 0.0393. The van der Waals surface area contributed by atoms with E-state index in [2.05, 4.69) is 4.98 Å². The Labute approximate surface area is 103 Å². The summed E-state index contributed by atoms with van der Waals surface area (Å²) in [5.74, 6) is 0. The van der Waals surface area contributed by atoms with Crippen LogP contribution in [0.2, 0.25) is 0 Å². The van der Waals surface area contributed by atoms with Gasteiger partial charge in [0.15, 0.2) is 4.21 Å². The molecule has 0 unspecified atom stereocenters. The Morgan fingerprint density at radius 3 is 2.76 bits per heavy atom. The van der Waals surface area contributed by atoms with Crippen molar-refractivity contribution in [2.24, 2.45) is 0 Å². The Balaban J connectivity index is 2.42. The molecule has 0 bridgehead atoms. The molecular formula is C9H14N2O4S2. The van der Waals surface area contributed by atoms with E-state index in [0.29, 0.717) is 25.5 Å². The second kappa shape index (κ2) is 4.52. The molecule has 1 N–H and O–H groups in total. The Hall–Kier alpha value is -0.700. The van der Waals surface area contributed by atoms with Crippen molar-refractivity contribution in [1.29, 1.82) is 0 Å². The first-order valence-corrected chi connectivity index (χ1v) is 7.48. The molecule has 1 fully saturated rings. The minimum absolute atomic E-state index is 0.108. The Morgan fingerprint density at radius 1 is 1.53 bits per heavy atom. The summed E-state index contributed by atoms with van der Waals surface area (Å²) >= 11 is 0.735. The number of H-pyrrole nitrogens is 1. The average molecular weight is 278 g/mol. The van der Waals surface area contributed by atoms with E-state index >= 15 is 0 Å². The number of thiazole rings is 1. The highest BCUT2D eigenvalue weighted by atomic mass is 32.2. The number of rotatable bonds is 2. The van der Waals surface area contributed by atoms with Crippen LogP contribution in [0.25, 0.3) is 0 Å². The van der Waals surface area contributed by atoms with Crippen molar-refractivity contribution in [3.8, 4) is 0 Å². The molecule has 1 saturated heterocycles. The predicted octanol–water partition coefficient (Wildman–Crippen LogP) is 0.154. The van der Waals surface area contributed by atoms with Crippen molar-refractivity contribution in [1.82, 2.24) is 9.29 Å². The molecule has 0 aliphatic carbocycles. The van der Waals surface area contributed by atoms with Crippen LogP contribution >= 0.6 is 11.3 Å². The molecule has 2 heterocycles. The molecular weight excluding hydrogens is 264 g/mol. The monoisotopic (exact) mass is 278 g/mol. The van der Waals surface area contributed by atoms with E-state index in [1.54, 1.807) is 13.8 Å². The zero-order valence-corrected chi connectivity index (χ0v) is 11.2. The highest BCUT2D eigenvalue weighted by molar-refractivity contribution is 7.91. The minimum atomic E-state index is -3.58. The number of ether oxygens (including phenoxy) is 1. The summed E-state index contributed by atoms with van der Waals surface area (Å²) in [6, 6.07) is -0.203. The van der Waals surface area contributed by atoms with Crippen LogP contribution < -0.4 is 4.87 Å². The van der Waals surface area contributed by atoms with Crippen LogP contribution in [-0.4, -0.2) is 43.5 Å². The molecule has 96 valence electrons. The van der Waals surface area contributed by atoms with E-state index < -0.39 is 10.0 Å². The third kappa shape index (κ3) is 2.30. The van der Waals surface area contributed by atoms with E-state index in [1.807, 2.05) is 0 Å². The minimum Gasteiger partial charge on any atom is -0.378 e. The molecule has 1 atom stereocenters. The molecule has 0 saturated carbocycles. The summed E-state index contributed by atoms with van der Waals surface area (Å²) in [5, 5.41) is 0. The summed E-state index contributed by atoms with van der Waals surface area (Å²) in [6.07, 6.45) is 0. The largest absolute Gasteiger partial charge is 0.378 e. The van der Waals surface area contributed by atoms with Crippen molar-refractivity contribution in [3.05, 3.63) is 15.4 Å². The van der Waals surface area contributed by atoms with Gasteiger partial charge in [0.05, 0.1) is 13.2 Å². The van der Waals surface area contributed by atoms with Gasteiger partial charge >= 0.3 is 4.87 Å². The van der Waals surface area contributed by atoms with Crippen LogP contribution in [0.15, 0.2) is 9.00 Å². The van der Waals surface area contributed by atoms with Crippen LogP contribution in [0.1, 0.15) is 12.6 Å². The third-order valence-electron chi connectivity index (χ3n) is 2.63. The Morgan fingerprint density at radius 2 is 2.24 bits per heavy atom. The number of aromatic nitrogens is 1. The smallest absolute Gasteiger partial charge is 0.305 e. The fourth-order valence-corrected chi connectivity index (χ4v) is 4.82. The molecule has 0 aromatic carbocycles. The maximum atomic E-state index is 12.4. The lowest BCUT2D eigenvalue weighted by Gasteiger charge is -2.31. The van der Waals surface area contributed by atoms with Gasteiger partial charge in [0, 0.05) is 18.3 Å². The van der Waals surface area contributed by atoms with Crippen molar-refractivity contribution in [3.63, 3.8) is 0 Å². The number of hydrogen-bond acceptors (Lipinski definition) is 5. The lowest BCUT2D eigenvalue weighted by atomic mass is 10.3. The average Bonchev–Trinajstić information content (AvgIpc) is 2.59. The zero-order chi connectivity index (χ0) is 12.6. The van der Waals surface area contributed by atoms with Gasteiger partial charge in [0.25, 0.3) is 10.0 Å². The number of nitrogens with one attached hydrogen (secondary N) is 1. The van der Waals surface area contributed by atoms with Gasteiger partial charge < -0.3 is 9.72 Å². The van der Waals surface area contributed by atoms with E-state index in [-0.39, 0.29) is 15.1 Å².